The average molecular weight is 429 g/mol. The average Bonchev–Trinajstić information content (AvgIpc) is 2.73. The maximum Gasteiger partial charge on any atom is 0.257 e. The van der Waals surface area contributed by atoms with Crippen molar-refractivity contribution in [2.45, 2.75) is 17.9 Å². The molecule has 0 saturated heterocycles. The number of sulfonamides is 1. The standard InChI is InChI=1S/C21H23N3O5S/c1-4-20(26)22-15-8-9-18(25)17(12-15)21(27)24-11-10-16-14(13-24)6-5-7-19(16)30(28,29)23(2)3/h4-9,12,25H,1,10-11,13H2,2-3H3,(H,22,26). The molecule has 2 N–H and O–H groups in total. The van der Waals surface area contributed by atoms with E-state index in [1.54, 1.807) is 23.1 Å². The Labute approximate surface area is 175 Å². The SMILES string of the molecule is C=CC(=O)Nc1ccc(O)c(C(=O)N2CCc3c(cccc3S(=O)(=O)N(C)C)C2)c1. The van der Waals surface area contributed by atoms with Crippen LogP contribution in [0, 0.1) is 0 Å². The number of anilines is 1. The number of fused-ring (bicyclic) bond motifs is 1. The lowest BCUT2D eigenvalue weighted by Gasteiger charge is -2.30. The molecule has 3 rings (SSSR count). The summed E-state index contributed by atoms with van der Waals surface area (Å²) < 4.78 is 26.4. The van der Waals surface area contributed by atoms with E-state index in [4.69, 9.17) is 0 Å². The Bertz CT molecular complexity index is 1130. The molecule has 0 unspecified atom stereocenters. The number of nitrogens with one attached hydrogen (secondary N) is 1. The van der Waals surface area contributed by atoms with E-state index in [1.807, 2.05) is 0 Å². The van der Waals surface area contributed by atoms with Crippen LogP contribution in [0.3, 0.4) is 0 Å². The number of carbonyl (C=O) groups excluding carboxylic acids is 2. The fourth-order valence-corrected chi connectivity index (χ4v) is 4.52. The van der Waals surface area contributed by atoms with Gasteiger partial charge in [0.1, 0.15) is 5.75 Å². The predicted octanol–water partition coefficient (Wildman–Crippen LogP) is 1.97. The molecule has 2 aromatic rings. The Kier molecular flexibility index (Phi) is 5.95. The first-order chi connectivity index (χ1) is 14.1. The van der Waals surface area contributed by atoms with Gasteiger partial charge in [0.15, 0.2) is 0 Å². The summed E-state index contributed by atoms with van der Waals surface area (Å²) in [5, 5.41) is 12.7. The van der Waals surface area contributed by atoms with Crippen LogP contribution in [-0.4, -0.2) is 55.2 Å². The van der Waals surface area contributed by atoms with Crippen LogP contribution in [0.1, 0.15) is 21.5 Å². The largest absolute Gasteiger partial charge is 0.507 e. The van der Waals surface area contributed by atoms with Crippen LogP contribution in [0.5, 0.6) is 5.75 Å². The monoisotopic (exact) mass is 429 g/mol. The molecule has 0 aromatic heterocycles. The zero-order valence-corrected chi connectivity index (χ0v) is 17.6. The molecule has 0 atom stereocenters. The van der Waals surface area contributed by atoms with Crippen molar-refractivity contribution in [2.24, 2.45) is 0 Å². The van der Waals surface area contributed by atoms with Crippen molar-refractivity contribution in [2.75, 3.05) is 26.0 Å². The molecule has 158 valence electrons. The second kappa shape index (κ2) is 8.29. The number of phenols is 1. The highest BCUT2D eigenvalue weighted by Crippen LogP contribution is 2.30. The highest BCUT2D eigenvalue weighted by atomic mass is 32.2. The molecule has 1 aliphatic heterocycles. The Balaban J connectivity index is 1.89. The summed E-state index contributed by atoms with van der Waals surface area (Å²) in [7, 11) is -0.632. The number of nitrogens with zero attached hydrogens (tertiary/aromatic N) is 2. The van der Waals surface area contributed by atoms with Gasteiger partial charge in [-0.2, -0.15) is 0 Å². The number of rotatable bonds is 5. The maximum atomic E-state index is 13.0. The van der Waals surface area contributed by atoms with Crippen LogP contribution >= 0.6 is 0 Å². The smallest absolute Gasteiger partial charge is 0.257 e. The molecular weight excluding hydrogens is 406 g/mol. The van der Waals surface area contributed by atoms with Crippen molar-refractivity contribution in [3.8, 4) is 5.75 Å². The van der Waals surface area contributed by atoms with Crippen LogP contribution in [-0.2, 0) is 27.8 Å². The number of hydrogen-bond donors (Lipinski definition) is 2. The van der Waals surface area contributed by atoms with Gasteiger partial charge in [-0.25, -0.2) is 12.7 Å². The lowest BCUT2D eigenvalue weighted by molar-refractivity contribution is -0.111. The Morgan fingerprint density at radius 3 is 2.63 bits per heavy atom. The van der Waals surface area contributed by atoms with Gasteiger partial charge in [-0.05, 0) is 47.9 Å². The molecule has 0 radical (unpaired) electrons. The summed E-state index contributed by atoms with van der Waals surface area (Å²) in [5.74, 6) is -1.04. The van der Waals surface area contributed by atoms with Crippen LogP contribution in [0.15, 0.2) is 53.9 Å². The topological polar surface area (TPSA) is 107 Å². The summed E-state index contributed by atoms with van der Waals surface area (Å²) in [4.78, 5) is 26.3. The van der Waals surface area contributed by atoms with Gasteiger partial charge in [-0.1, -0.05) is 18.7 Å². The summed E-state index contributed by atoms with van der Waals surface area (Å²) in [6.45, 7) is 3.90. The second-order valence-electron chi connectivity index (χ2n) is 7.08. The van der Waals surface area contributed by atoms with Crippen LogP contribution < -0.4 is 5.32 Å². The summed E-state index contributed by atoms with van der Waals surface area (Å²) >= 11 is 0. The molecule has 0 spiro atoms. The van der Waals surface area contributed by atoms with Crippen LogP contribution in [0.4, 0.5) is 5.69 Å². The van der Waals surface area contributed by atoms with Crippen molar-refractivity contribution in [3.63, 3.8) is 0 Å². The molecule has 1 aliphatic rings. The van der Waals surface area contributed by atoms with E-state index in [1.165, 1.54) is 36.6 Å². The quantitative estimate of drug-likeness (QED) is 0.558. The van der Waals surface area contributed by atoms with E-state index in [-0.39, 0.29) is 22.8 Å². The molecule has 2 amide bonds. The lowest BCUT2D eigenvalue weighted by atomic mass is 9.99. The van der Waals surface area contributed by atoms with Gasteiger partial charge in [-0.3, -0.25) is 9.59 Å². The first-order valence-electron chi connectivity index (χ1n) is 9.24. The third kappa shape index (κ3) is 4.07. The second-order valence-corrected chi connectivity index (χ2v) is 9.20. The van der Waals surface area contributed by atoms with Crippen molar-refractivity contribution < 1.29 is 23.1 Å². The Morgan fingerprint density at radius 2 is 1.97 bits per heavy atom. The minimum Gasteiger partial charge on any atom is -0.507 e. The van der Waals surface area contributed by atoms with Gasteiger partial charge in [0.2, 0.25) is 15.9 Å². The Morgan fingerprint density at radius 1 is 1.23 bits per heavy atom. The molecular formula is C21H23N3O5S. The van der Waals surface area contributed by atoms with Gasteiger partial charge in [0, 0.05) is 32.9 Å². The minimum atomic E-state index is -3.59. The molecule has 2 aromatic carbocycles. The van der Waals surface area contributed by atoms with Crippen molar-refractivity contribution in [3.05, 3.63) is 65.7 Å². The van der Waals surface area contributed by atoms with Crippen molar-refractivity contribution >= 4 is 27.5 Å². The zero-order valence-electron chi connectivity index (χ0n) is 16.8. The van der Waals surface area contributed by atoms with E-state index >= 15 is 0 Å². The van der Waals surface area contributed by atoms with E-state index in [2.05, 4.69) is 11.9 Å². The number of hydrogen-bond acceptors (Lipinski definition) is 5. The predicted molar refractivity (Wildman–Crippen MR) is 113 cm³/mol. The van der Waals surface area contributed by atoms with E-state index in [9.17, 15) is 23.1 Å². The van der Waals surface area contributed by atoms with Gasteiger partial charge in [-0.15, -0.1) is 0 Å². The fourth-order valence-electron chi connectivity index (χ4n) is 3.33. The number of carbonyl (C=O) groups is 2. The highest BCUT2D eigenvalue weighted by Gasteiger charge is 2.29. The number of phenolic OH excluding ortho intramolecular Hbond substituents is 1. The number of benzene rings is 2. The molecule has 9 heteroatoms. The summed E-state index contributed by atoms with van der Waals surface area (Å²) in [6, 6.07) is 9.25. The van der Waals surface area contributed by atoms with E-state index in [0.29, 0.717) is 24.2 Å². The molecule has 30 heavy (non-hydrogen) atoms. The molecule has 8 nitrogen and oxygen atoms in total. The molecule has 0 bridgehead atoms. The van der Waals surface area contributed by atoms with E-state index < -0.39 is 21.8 Å². The first-order valence-corrected chi connectivity index (χ1v) is 10.7. The van der Waals surface area contributed by atoms with Crippen molar-refractivity contribution in [1.82, 2.24) is 9.21 Å². The van der Waals surface area contributed by atoms with Crippen LogP contribution in [0.2, 0.25) is 0 Å². The summed E-state index contributed by atoms with van der Waals surface area (Å²) in [6.07, 6.45) is 1.48. The van der Waals surface area contributed by atoms with Gasteiger partial charge >= 0.3 is 0 Å². The van der Waals surface area contributed by atoms with Gasteiger partial charge < -0.3 is 15.3 Å². The van der Waals surface area contributed by atoms with Crippen molar-refractivity contribution in [1.29, 1.82) is 0 Å². The highest BCUT2D eigenvalue weighted by molar-refractivity contribution is 7.89. The lowest BCUT2D eigenvalue weighted by Crippen LogP contribution is -2.37. The third-order valence-corrected chi connectivity index (χ3v) is 6.85. The first kappa shape index (κ1) is 21.5. The van der Waals surface area contributed by atoms with Crippen LogP contribution in [0.25, 0.3) is 0 Å². The Hall–Kier alpha value is -3.17. The van der Waals surface area contributed by atoms with E-state index in [0.717, 1.165) is 11.6 Å². The molecule has 0 aliphatic carbocycles. The number of aromatic hydroxyl groups is 1. The molecule has 1 heterocycles. The molecule has 0 saturated carbocycles. The normalized spacial score (nSPS) is 13.6. The van der Waals surface area contributed by atoms with Gasteiger partial charge in [0.25, 0.3) is 5.91 Å². The third-order valence-electron chi connectivity index (χ3n) is 4.95. The van der Waals surface area contributed by atoms with Gasteiger partial charge in [0.05, 0.1) is 10.5 Å². The molecule has 0 fully saturated rings. The summed E-state index contributed by atoms with van der Waals surface area (Å²) in [5.41, 5.74) is 1.86. The fraction of sp³-hybridized carbons (Fsp3) is 0.238. The zero-order chi connectivity index (χ0) is 22.1. The minimum absolute atomic E-state index is 0.0531. The number of amides is 2. The maximum absolute atomic E-state index is 13.0.